The summed E-state index contributed by atoms with van der Waals surface area (Å²) < 4.78 is 1.60. The third-order valence-electron chi connectivity index (χ3n) is 3.70. The Kier molecular flexibility index (Phi) is 3.45. The third kappa shape index (κ3) is 2.41. The molecule has 0 saturated heterocycles. The SMILES string of the molecule is O=C(Cn1c2c(ccc1=O)CCC2)c1cccc(Cl)c1. The number of nitrogens with zero attached hydrogens (tertiary/aromatic N) is 1. The first kappa shape index (κ1) is 13.1. The van der Waals surface area contributed by atoms with E-state index in [4.69, 9.17) is 11.6 Å². The maximum absolute atomic E-state index is 12.3. The number of aryl methyl sites for hydroxylation is 1. The average Bonchev–Trinajstić information content (AvgIpc) is 2.90. The Hall–Kier alpha value is -1.87. The molecule has 20 heavy (non-hydrogen) atoms. The van der Waals surface area contributed by atoms with E-state index in [0.29, 0.717) is 10.6 Å². The van der Waals surface area contributed by atoms with Crippen LogP contribution in [-0.2, 0) is 19.4 Å². The van der Waals surface area contributed by atoms with Gasteiger partial charge in [-0.05, 0) is 37.0 Å². The fourth-order valence-electron chi connectivity index (χ4n) is 2.70. The highest BCUT2D eigenvalue weighted by atomic mass is 35.5. The van der Waals surface area contributed by atoms with Crippen molar-refractivity contribution in [1.29, 1.82) is 0 Å². The Morgan fingerprint density at radius 2 is 2.05 bits per heavy atom. The van der Waals surface area contributed by atoms with Crippen LogP contribution >= 0.6 is 11.6 Å². The molecule has 0 saturated carbocycles. The van der Waals surface area contributed by atoms with Crippen LogP contribution in [0.25, 0.3) is 0 Å². The molecule has 0 unspecified atom stereocenters. The zero-order chi connectivity index (χ0) is 14.1. The summed E-state index contributed by atoms with van der Waals surface area (Å²) in [6, 6.07) is 10.3. The van der Waals surface area contributed by atoms with Crippen LogP contribution in [0.2, 0.25) is 5.02 Å². The van der Waals surface area contributed by atoms with Gasteiger partial charge in [-0.15, -0.1) is 0 Å². The van der Waals surface area contributed by atoms with Gasteiger partial charge in [0.05, 0.1) is 6.54 Å². The van der Waals surface area contributed by atoms with Crippen molar-refractivity contribution in [3.63, 3.8) is 0 Å². The molecule has 1 aliphatic carbocycles. The molecule has 0 aliphatic heterocycles. The van der Waals surface area contributed by atoms with Gasteiger partial charge in [-0.25, -0.2) is 0 Å². The van der Waals surface area contributed by atoms with Gasteiger partial charge in [0.1, 0.15) is 0 Å². The molecule has 0 atom stereocenters. The Balaban J connectivity index is 1.94. The molecule has 0 radical (unpaired) electrons. The number of pyridine rings is 1. The van der Waals surface area contributed by atoms with E-state index in [9.17, 15) is 9.59 Å². The first-order valence-corrected chi connectivity index (χ1v) is 7.03. The van der Waals surface area contributed by atoms with Gasteiger partial charge in [0, 0.05) is 22.3 Å². The number of Topliss-reactive ketones (excluding diaryl/α,β-unsaturated/α-hetero) is 1. The van der Waals surface area contributed by atoms with Crippen LogP contribution in [0, 0.1) is 0 Å². The molecule has 1 aromatic carbocycles. The number of fused-ring (bicyclic) bond motifs is 1. The van der Waals surface area contributed by atoms with Gasteiger partial charge in [-0.3, -0.25) is 9.59 Å². The van der Waals surface area contributed by atoms with Crippen LogP contribution in [0.1, 0.15) is 28.0 Å². The summed E-state index contributed by atoms with van der Waals surface area (Å²) in [5, 5.41) is 0.529. The van der Waals surface area contributed by atoms with Crippen molar-refractivity contribution in [3.8, 4) is 0 Å². The molecular weight excluding hydrogens is 274 g/mol. The van der Waals surface area contributed by atoms with Crippen LogP contribution in [-0.4, -0.2) is 10.4 Å². The maximum atomic E-state index is 12.3. The van der Waals surface area contributed by atoms with E-state index >= 15 is 0 Å². The second kappa shape index (κ2) is 5.25. The van der Waals surface area contributed by atoms with Crippen LogP contribution < -0.4 is 5.56 Å². The quantitative estimate of drug-likeness (QED) is 0.814. The highest BCUT2D eigenvalue weighted by Crippen LogP contribution is 2.20. The Labute approximate surface area is 121 Å². The van der Waals surface area contributed by atoms with E-state index in [1.807, 2.05) is 6.07 Å². The molecule has 0 amide bonds. The summed E-state index contributed by atoms with van der Waals surface area (Å²) in [6.07, 6.45) is 2.90. The van der Waals surface area contributed by atoms with Gasteiger partial charge in [0.15, 0.2) is 5.78 Å². The van der Waals surface area contributed by atoms with Gasteiger partial charge in [0.2, 0.25) is 0 Å². The number of carbonyl (C=O) groups is 1. The first-order valence-electron chi connectivity index (χ1n) is 6.65. The van der Waals surface area contributed by atoms with Crippen molar-refractivity contribution < 1.29 is 4.79 Å². The minimum absolute atomic E-state index is 0.0857. The largest absolute Gasteiger partial charge is 0.305 e. The fourth-order valence-corrected chi connectivity index (χ4v) is 2.89. The Morgan fingerprint density at radius 3 is 2.85 bits per heavy atom. The predicted molar refractivity (Wildman–Crippen MR) is 78.5 cm³/mol. The molecule has 0 N–H and O–H groups in total. The molecule has 0 fully saturated rings. The topological polar surface area (TPSA) is 39.1 Å². The standard InChI is InChI=1S/C16H14ClNO2/c17-13-5-1-4-12(9-13)15(19)10-18-14-6-2-3-11(14)7-8-16(18)20/h1,4-5,7-9H,2-3,6,10H2. The first-order chi connectivity index (χ1) is 9.65. The highest BCUT2D eigenvalue weighted by Gasteiger charge is 2.18. The Morgan fingerprint density at radius 1 is 1.20 bits per heavy atom. The molecule has 1 heterocycles. The monoisotopic (exact) mass is 287 g/mol. The van der Waals surface area contributed by atoms with Gasteiger partial charge < -0.3 is 4.57 Å². The lowest BCUT2D eigenvalue weighted by molar-refractivity contribution is 0.0970. The number of carbonyl (C=O) groups excluding carboxylic acids is 1. The molecular formula is C16H14ClNO2. The second-order valence-corrected chi connectivity index (χ2v) is 5.45. The van der Waals surface area contributed by atoms with Gasteiger partial charge >= 0.3 is 0 Å². The van der Waals surface area contributed by atoms with Crippen molar-refractivity contribution in [2.24, 2.45) is 0 Å². The van der Waals surface area contributed by atoms with E-state index < -0.39 is 0 Å². The number of halogens is 1. The number of ketones is 1. The second-order valence-electron chi connectivity index (χ2n) is 5.02. The smallest absolute Gasteiger partial charge is 0.251 e. The highest BCUT2D eigenvalue weighted by molar-refractivity contribution is 6.31. The zero-order valence-corrected chi connectivity index (χ0v) is 11.7. The van der Waals surface area contributed by atoms with E-state index in [1.54, 1.807) is 34.9 Å². The summed E-state index contributed by atoms with van der Waals surface area (Å²) in [5.41, 5.74) is 2.62. The summed E-state index contributed by atoms with van der Waals surface area (Å²) in [7, 11) is 0. The number of hydrogen-bond acceptors (Lipinski definition) is 2. The van der Waals surface area contributed by atoms with Crippen molar-refractivity contribution in [2.45, 2.75) is 25.8 Å². The van der Waals surface area contributed by atoms with E-state index in [2.05, 4.69) is 0 Å². The molecule has 0 bridgehead atoms. The maximum Gasteiger partial charge on any atom is 0.251 e. The molecule has 3 nitrogen and oxygen atoms in total. The zero-order valence-electron chi connectivity index (χ0n) is 10.9. The molecule has 4 heteroatoms. The van der Waals surface area contributed by atoms with Gasteiger partial charge in [-0.2, -0.15) is 0 Å². The number of hydrogen-bond donors (Lipinski definition) is 0. The third-order valence-corrected chi connectivity index (χ3v) is 3.93. The van der Waals surface area contributed by atoms with Crippen LogP contribution in [0.3, 0.4) is 0 Å². The predicted octanol–water partition coefficient (Wildman–Crippen LogP) is 2.87. The molecule has 1 aromatic heterocycles. The van der Waals surface area contributed by atoms with Crippen molar-refractivity contribution in [3.05, 3.63) is 68.6 Å². The van der Waals surface area contributed by atoms with Crippen molar-refractivity contribution in [2.75, 3.05) is 0 Å². The van der Waals surface area contributed by atoms with Crippen LogP contribution in [0.15, 0.2) is 41.2 Å². The lowest BCUT2D eigenvalue weighted by Gasteiger charge is -2.11. The van der Waals surface area contributed by atoms with Crippen LogP contribution in [0.4, 0.5) is 0 Å². The average molecular weight is 288 g/mol. The summed E-state index contributed by atoms with van der Waals surface area (Å²) in [4.78, 5) is 24.3. The van der Waals surface area contributed by atoms with Crippen LogP contribution in [0.5, 0.6) is 0 Å². The Bertz CT molecular complexity index is 733. The minimum atomic E-state index is -0.110. The molecule has 2 aromatic rings. The minimum Gasteiger partial charge on any atom is -0.305 e. The van der Waals surface area contributed by atoms with E-state index in [1.165, 1.54) is 5.56 Å². The van der Waals surface area contributed by atoms with Gasteiger partial charge in [0.25, 0.3) is 5.56 Å². The number of rotatable bonds is 3. The fraction of sp³-hybridized carbons (Fsp3) is 0.250. The number of benzene rings is 1. The normalized spacial score (nSPS) is 13.2. The lowest BCUT2D eigenvalue weighted by Crippen LogP contribution is -2.26. The van der Waals surface area contributed by atoms with Crippen molar-refractivity contribution in [1.82, 2.24) is 4.57 Å². The summed E-state index contributed by atoms with van der Waals surface area (Å²) in [6.45, 7) is 0.0857. The van der Waals surface area contributed by atoms with Gasteiger partial charge in [-0.1, -0.05) is 29.8 Å². The summed E-state index contributed by atoms with van der Waals surface area (Å²) >= 11 is 5.90. The van der Waals surface area contributed by atoms with E-state index in [0.717, 1.165) is 25.0 Å². The summed E-state index contributed by atoms with van der Waals surface area (Å²) in [5.74, 6) is -0.0881. The molecule has 0 spiro atoms. The molecule has 102 valence electrons. The molecule has 1 aliphatic rings. The lowest BCUT2D eigenvalue weighted by atomic mass is 10.1. The van der Waals surface area contributed by atoms with E-state index in [-0.39, 0.29) is 17.9 Å². The van der Waals surface area contributed by atoms with Crippen molar-refractivity contribution >= 4 is 17.4 Å². The number of aromatic nitrogens is 1. The molecule has 3 rings (SSSR count).